The number of piperidine rings is 1. The van der Waals surface area contributed by atoms with E-state index in [0.29, 0.717) is 0 Å². The Kier molecular flexibility index (Phi) is 3.60. The van der Waals surface area contributed by atoms with Gasteiger partial charge in [-0.2, -0.15) is 0 Å². The fourth-order valence-electron chi connectivity index (χ4n) is 2.45. The Morgan fingerprint density at radius 1 is 1.15 bits per heavy atom. The highest BCUT2D eigenvalue weighted by molar-refractivity contribution is 5.59. The Labute approximate surface area is 118 Å². The Balaban J connectivity index is 1.91. The smallest absolute Gasteiger partial charge is 0.132 e. The quantitative estimate of drug-likeness (QED) is 0.901. The van der Waals surface area contributed by atoms with Gasteiger partial charge in [0.05, 0.1) is 17.5 Å². The minimum atomic E-state index is -0.176. The van der Waals surface area contributed by atoms with Crippen molar-refractivity contribution >= 4 is 5.82 Å². The number of pyridine rings is 1. The topological polar surface area (TPSA) is 62.1 Å². The van der Waals surface area contributed by atoms with E-state index in [2.05, 4.69) is 19.9 Å². The number of nitrogens with zero attached hydrogens (tertiary/aromatic N) is 4. The van der Waals surface area contributed by atoms with Crippen LogP contribution in [0.15, 0.2) is 30.5 Å². The van der Waals surface area contributed by atoms with Gasteiger partial charge in [0.15, 0.2) is 0 Å². The molecule has 2 aromatic rings. The first kappa shape index (κ1) is 13.0. The zero-order valence-electron chi connectivity index (χ0n) is 11.5. The third-order valence-corrected chi connectivity index (χ3v) is 3.54. The molecular formula is C15H18N4O. The van der Waals surface area contributed by atoms with E-state index in [0.717, 1.165) is 49.0 Å². The summed E-state index contributed by atoms with van der Waals surface area (Å²) < 4.78 is 0. The Morgan fingerprint density at radius 3 is 2.65 bits per heavy atom. The third-order valence-electron chi connectivity index (χ3n) is 3.54. The zero-order valence-corrected chi connectivity index (χ0v) is 11.5. The van der Waals surface area contributed by atoms with Crippen molar-refractivity contribution in [3.8, 4) is 11.4 Å². The van der Waals surface area contributed by atoms with E-state index >= 15 is 0 Å². The van der Waals surface area contributed by atoms with Gasteiger partial charge in [-0.25, -0.2) is 9.97 Å². The van der Waals surface area contributed by atoms with Crippen molar-refractivity contribution < 1.29 is 5.11 Å². The average Bonchev–Trinajstić information content (AvgIpc) is 2.48. The lowest BCUT2D eigenvalue weighted by molar-refractivity contribution is 0.145. The van der Waals surface area contributed by atoms with Crippen LogP contribution in [0.4, 0.5) is 5.82 Å². The molecule has 5 heteroatoms. The summed E-state index contributed by atoms with van der Waals surface area (Å²) >= 11 is 0. The summed E-state index contributed by atoms with van der Waals surface area (Å²) in [5, 5.41) is 9.59. The van der Waals surface area contributed by atoms with Crippen LogP contribution < -0.4 is 4.90 Å². The molecule has 2 aromatic heterocycles. The number of aromatic nitrogens is 3. The molecule has 0 atom stereocenters. The summed E-state index contributed by atoms with van der Waals surface area (Å²) in [6.07, 6.45) is 3.18. The van der Waals surface area contributed by atoms with Gasteiger partial charge in [-0.15, -0.1) is 0 Å². The normalized spacial score (nSPS) is 16.4. The van der Waals surface area contributed by atoms with Gasteiger partial charge >= 0.3 is 0 Å². The van der Waals surface area contributed by atoms with Gasteiger partial charge in [0.2, 0.25) is 0 Å². The number of hydrogen-bond acceptors (Lipinski definition) is 5. The van der Waals surface area contributed by atoms with Crippen molar-refractivity contribution in [3.63, 3.8) is 0 Å². The van der Waals surface area contributed by atoms with E-state index in [-0.39, 0.29) is 6.10 Å². The second-order valence-electron chi connectivity index (χ2n) is 5.09. The first-order chi connectivity index (χ1) is 9.72. The second-order valence-corrected chi connectivity index (χ2v) is 5.09. The van der Waals surface area contributed by atoms with Crippen LogP contribution in [0.1, 0.15) is 18.7 Å². The Bertz CT molecular complexity index is 580. The monoisotopic (exact) mass is 270 g/mol. The minimum absolute atomic E-state index is 0.176. The fraction of sp³-hybridized carbons (Fsp3) is 0.400. The Morgan fingerprint density at radius 2 is 1.95 bits per heavy atom. The number of hydrogen-bond donors (Lipinski definition) is 1. The molecule has 3 heterocycles. The molecule has 3 rings (SSSR count). The van der Waals surface area contributed by atoms with E-state index in [4.69, 9.17) is 0 Å². The molecule has 5 nitrogen and oxygen atoms in total. The first-order valence-corrected chi connectivity index (χ1v) is 6.92. The molecule has 0 amide bonds. The molecule has 1 N–H and O–H groups in total. The van der Waals surface area contributed by atoms with Crippen molar-refractivity contribution in [2.45, 2.75) is 25.9 Å². The number of aryl methyl sites for hydroxylation is 1. The van der Waals surface area contributed by atoms with Crippen molar-refractivity contribution in [1.29, 1.82) is 0 Å². The van der Waals surface area contributed by atoms with Crippen molar-refractivity contribution in [1.82, 2.24) is 15.0 Å². The van der Waals surface area contributed by atoms with E-state index in [1.807, 2.05) is 31.2 Å². The second kappa shape index (κ2) is 5.54. The molecule has 0 aromatic carbocycles. The van der Waals surface area contributed by atoms with Crippen LogP contribution in [0, 0.1) is 6.92 Å². The van der Waals surface area contributed by atoms with Crippen LogP contribution in [0.3, 0.4) is 0 Å². The summed E-state index contributed by atoms with van der Waals surface area (Å²) in [4.78, 5) is 15.5. The van der Waals surface area contributed by atoms with Gasteiger partial charge in [0.25, 0.3) is 0 Å². The average molecular weight is 270 g/mol. The Hall–Kier alpha value is -2.01. The third kappa shape index (κ3) is 2.77. The minimum Gasteiger partial charge on any atom is -0.393 e. The largest absolute Gasteiger partial charge is 0.393 e. The van der Waals surface area contributed by atoms with Gasteiger partial charge in [-0.05, 0) is 31.9 Å². The number of anilines is 1. The molecule has 1 fully saturated rings. The molecule has 0 spiro atoms. The molecule has 104 valence electrons. The molecule has 0 radical (unpaired) electrons. The molecule has 0 saturated carbocycles. The fourth-order valence-corrected chi connectivity index (χ4v) is 2.45. The summed E-state index contributed by atoms with van der Waals surface area (Å²) in [5.74, 6) is 1.67. The molecule has 0 aliphatic carbocycles. The molecule has 1 saturated heterocycles. The van der Waals surface area contributed by atoms with Crippen LogP contribution in [0.5, 0.6) is 0 Å². The van der Waals surface area contributed by atoms with Crippen molar-refractivity contribution in [2.75, 3.05) is 18.0 Å². The van der Waals surface area contributed by atoms with Crippen LogP contribution in [-0.4, -0.2) is 39.3 Å². The maximum atomic E-state index is 9.59. The number of aliphatic hydroxyl groups excluding tert-OH is 1. The molecule has 1 aliphatic rings. The standard InChI is InChI=1S/C15H18N4O/c1-11-17-14(13-4-2-3-7-16-13)10-15(18-11)19-8-5-12(20)6-9-19/h2-4,7,10,12,20H,5-6,8-9H2,1H3. The van der Waals surface area contributed by atoms with Crippen LogP contribution in [0.2, 0.25) is 0 Å². The van der Waals surface area contributed by atoms with Crippen LogP contribution >= 0.6 is 0 Å². The molecule has 0 unspecified atom stereocenters. The molecular weight excluding hydrogens is 252 g/mol. The SMILES string of the molecule is Cc1nc(-c2ccccn2)cc(N2CCC(O)CC2)n1. The van der Waals surface area contributed by atoms with Crippen molar-refractivity contribution in [2.24, 2.45) is 0 Å². The highest BCUT2D eigenvalue weighted by Crippen LogP contribution is 2.22. The zero-order chi connectivity index (χ0) is 13.9. The molecule has 1 aliphatic heterocycles. The van der Waals surface area contributed by atoms with E-state index in [9.17, 15) is 5.11 Å². The maximum Gasteiger partial charge on any atom is 0.132 e. The number of rotatable bonds is 2. The van der Waals surface area contributed by atoms with Gasteiger partial charge < -0.3 is 10.0 Å². The lowest BCUT2D eigenvalue weighted by Crippen LogP contribution is -2.36. The van der Waals surface area contributed by atoms with Gasteiger partial charge in [-0.1, -0.05) is 6.07 Å². The maximum absolute atomic E-state index is 9.59. The predicted molar refractivity (Wildman–Crippen MR) is 77.5 cm³/mol. The van der Waals surface area contributed by atoms with E-state index in [1.54, 1.807) is 6.20 Å². The van der Waals surface area contributed by atoms with Gasteiger partial charge in [0, 0.05) is 25.4 Å². The predicted octanol–water partition coefficient (Wildman–Crippen LogP) is 1.81. The van der Waals surface area contributed by atoms with Gasteiger partial charge in [-0.3, -0.25) is 4.98 Å². The summed E-state index contributed by atoms with van der Waals surface area (Å²) in [6, 6.07) is 7.78. The first-order valence-electron chi connectivity index (χ1n) is 6.92. The number of aliphatic hydroxyl groups is 1. The van der Waals surface area contributed by atoms with Crippen LogP contribution in [0.25, 0.3) is 11.4 Å². The summed E-state index contributed by atoms with van der Waals surface area (Å²) in [5.41, 5.74) is 1.70. The van der Waals surface area contributed by atoms with Crippen LogP contribution in [-0.2, 0) is 0 Å². The molecule has 0 bridgehead atoms. The van der Waals surface area contributed by atoms with E-state index < -0.39 is 0 Å². The lowest BCUT2D eigenvalue weighted by Gasteiger charge is -2.30. The molecule has 20 heavy (non-hydrogen) atoms. The lowest BCUT2D eigenvalue weighted by atomic mass is 10.1. The highest BCUT2D eigenvalue weighted by Gasteiger charge is 2.19. The summed E-state index contributed by atoms with van der Waals surface area (Å²) in [7, 11) is 0. The van der Waals surface area contributed by atoms with E-state index in [1.165, 1.54) is 0 Å². The highest BCUT2D eigenvalue weighted by atomic mass is 16.3. The van der Waals surface area contributed by atoms with Crippen molar-refractivity contribution in [3.05, 3.63) is 36.3 Å². The summed E-state index contributed by atoms with van der Waals surface area (Å²) in [6.45, 7) is 3.56. The van der Waals surface area contributed by atoms with Gasteiger partial charge in [0.1, 0.15) is 11.6 Å².